The molecule has 0 spiro atoms. The number of nitrogens with one attached hydrogen (secondary N) is 1. The number of phenols is 2. The molecule has 0 aliphatic carbocycles. The number of likely N-dealkylation sites (tertiary alicyclic amines) is 1. The van der Waals surface area contributed by atoms with Crippen LogP contribution in [-0.2, 0) is 30.6 Å². The molecule has 1 fully saturated rings. The first-order valence-electron chi connectivity index (χ1n) is 12.4. The first-order valence-corrected chi connectivity index (χ1v) is 12.4. The summed E-state index contributed by atoms with van der Waals surface area (Å²) in [5.74, 6) is -0.402. The molecule has 1 saturated heterocycles. The number of nitrogens with zero attached hydrogens (tertiary/aromatic N) is 2. The maximum Gasteiger partial charge on any atom is 0.258 e. The minimum absolute atomic E-state index is 0.0531. The Labute approximate surface area is 211 Å². The predicted molar refractivity (Wildman–Crippen MR) is 138 cm³/mol. The van der Waals surface area contributed by atoms with Gasteiger partial charge in [0.15, 0.2) is 0 Å². The van der Waals surface area contributed by atoms with E-state index in [1.54, 1.807) is 22.8 Å². The van der Waals surface area contributed by atoms with Crippen molar-refractivity contribution in [2.24, 2.45) is 0 Å². The Morgan fingerprint density at radius 3 is 2.50 bits per heavy atom. The number of carbonyl (C=O) groups is 2. The molecule has 0 unspecified atom stereocenters. The Kier molecular flexibility index (Phi) is 6.55. The highest BCUT2D eigenvalue weighted by Crippen LogP contribution is 2.33. The second kappa shape index (κ2) is 9.93. The van der Waals surface area contributed by atoms with Gasteiger partial charge >= 0.3 is 0 Å². The monoisotopic (exact) mass is 485 g/mol. The summed E-state index contributed by atoms with van der Waals surface area (Å²) in [7, 11) is 0. The van der Waals surface area contributed by atoms with Gasteiger partial charge in [-0.1, -0.05) is 42.5 Å². The molecule has 0 atom stereocenters. The first-order chi connectivity index (χ1) is 17.4. The quantitative estimate of drug-likeness (QED) is 0.495. The number of aryl methyl sites for hydroxylation is 2. The molecule has 0 bridgehead atoms. The molecule has 0 saturated carbocycles. The van der Waals surface area contributed by atoms with Gasteiger partial charge in [0.1, 0.15) is 11.5 Å². The number of fused-ring (bicyclic) bond motifs is 1. The average Bonchev–Trinajstić information content (AvgIpc) is 2.84. The summed E-state index contributed by atoms with van der Waals surface area (Å²) in [4.78, 5) is 28.8. The Hall–Kier alpha value is -4.00. The molecule has 7 heteroatoms. The average molecular weight is 486 g/mol. The lowest BCUT2D eigenvalue weighted by Crippen LogP contribution is -2.56. The van der Waals surface area contributed by atoms with Gasteiger partial charge in [-0.25, -0.2) is 0 Å². The molecular formula is C29H31N3O4. The maximum absolute atomic E-state index is 13.7. The third-order valence-electron chi connectivity index (χ3n) is 7.17. The standard InChI is InChI=1S/C29H31N3O4/c1-19(33)32-16-23(17-32)30-26-9-5-8-21-12-13-31(18-25(21)26)29(36)28-22(14-24(34)15-27(28)35)11-10-20-6-3-2-4-7-20/h2-9,14-15,23,30,34-35H,10-13,16-18H2,1H3. The van der Waals surface area contributed by atoms with Crippen LogP contribution in [0.5, 0.6) is 11.5 Å². The summed E-state index contributed by atoms with van der Waals surface area (Å²) in [6.45, 7) is 3.91. The molecule has 0 radical (unpaired) electrons. The summed E-state index contributed by atoms with van der Waals surface area (Å²) >= 11 is 0. The molecule has 3 aromatic rings. The zero-order valence-corrected chi connectivity index (χ0v) is 20.4. The van der Waals surface area contributed by atoms with Crippen molar-refractivity contribution in [3.63, 3.8) is 0 Å². The van der Waals surface area contributed by atoms with Gasteiger partial charge in [0.25, 0.3) is 5.91 Å². The van der Waals surface area contributed by atoms with Gasteiger partial charge in [0.2, 0.25) is 5.91 Å². The summed E-state index contributed by atoms with van der Waals surface area (Å²) in [5.41, 5.74) is 5.28. The van der Waals surface area contributed by atoms with E-state index in [1.165, 1.54) is 11.6 Å². The van der Waals surface area contributed by atoms with Crippen molar-refractivity contribution in [2.75, 3.05) is 25.0 Å². The first kappa shape index (κ1) is 23.7. The number of rotatable bonds is 6. The normalized spacial score (nSPS) is 15.2. The SMILES string of the molecule is CC(=O)N1CC(Nc2cccc3c2CN(C(=O)c2c(O)cc(O)cc2CCc2ccccc2)CC3)C1. The highest BCUT2D eigenvalue weighted by Gasteiger charge is 2.31. The molecule has 3 N–H and O–H groups in total. The smallest absolute Gasteiger partial charge is 0.258 e. The molecule has 5 rings (SSSR count). The van der Waals surface area contributed by atoms with Crippen LogP contribution in [0.15, 0.2) is 60.7 Å². The minimum Gasteiger partial charge on any atom is -0.508 e. The number of carbonyl (C=O) groups excluding carboxylic acids is 2. The second-order valence-electron chi connectivity index (χ2n) is 9.67. The lowest BCUT2D eigenvalue weighted by molar-refractivity contribution is -0.132. The lowest BCUT2D eigenvalue weighted by Gasteiger charge is -2.40. The highest BCUT2D eigenvalue weighted by molar-refractivity contribution is 5.99. The Morgan fingerprint density at radius 2 is 1.75 bits per heavy atom. The molecule has 0 aromatic heterocycles. The van der Waals surface area contributed by atoms with Crippen molar-refractivity contribution in [1.82, 2.24) is 9.80 Å². The number of anilines is 1. The lowest BCUT2D eigenvalue weighted by atomic mass is 9.94. The van der Waals surface area contributed by atoms with E-state index in [0.29, 0.717) is 44.6 Å². The van der Waals surface area contributed by atoms with E-state index in [2.05, 4.69) is 11.4 Å². The summed E-state index contributed by atoms with van der Waals surface area (Å²) in [6, 6.07) is 19.1. The van der Waals surface area contributed by atoms with E-state index < -0.39 is 0 Å². The molecule has 2 amide bonds. The third-order valence-corrected chi connectivity index (χ3v) is 7.17. The summed E-state index contributed by atoms with van der Waals surface area (Å²) < 4.78 is 0. The number of amides is 2. The largest absolute Gasteiger partial charge is 0.508 e. The zero-order valence-electron chi connectivity index (χ0n) is 20.4. The van der Waals surface area contributed by atoms with Gasteiger partial charge in [0.05, 0.1) is 11.6 Å². The van der Waals surface area contributed by atoms with E-state index in [-0.39, 0.29) is 34.9 Å². The van der Waals surface area contributed by atoms with Crippen molar-refractivity contribution in [2.45, 2.75) is 38.8 Å². The van der Waals surface area contributed by atoms with Crippen LogP contribution >= 0.6 is 0 Å². The van der Waals surface area contributed by atoms with E-state index >= 15 is 0 Å². The van der Waals surface area contributed by atoms with E-state index in [0.717, 1.165) is 23.2 Å². The van der Waals surface area contributed by atoms with Crippen molar-refractivity contribution in [3.05, 3.63) is 88.5 Å². The van der Waals surface area contributed by atoms with Gasteiger partial charge < -0.3 is 25.3 Å². The van der Waals surface area contributed by atoms with Crippen molar-refractivity contribution in [1.29, 1.82) is 0 Å². The molecule has 3 aromatic carbocycles. The fourth-order valence-corrected chi connectivity index (χ4v) is 5.13. The molecule has 36 heavy (non-hydrogen) atoms. The summed E-state index contributed by atoms with van der Waals surface area (Å²) in [6.07, 6.45) is 1.94. The highest BCUT2D eigenvalue weighted by atomic mass is 16.3. The Balaban J connectivity index is 1.35. The van der Waals surface area contributed by atoms with E-state index in [9.17, 15) is 19.8 Å². The van der Waals surface area contributed by atoms with Gasteiger partial charge in [-0.3, -0.25) is 9.59 Å². The number of aromatic hydroxyl groups is 2. The number of phenolic OH excluding ortho intramolecular Hbond substituents is 2. The maximum atomic E-state index is 13.7. The van der Waals surface area contributed by atoms with Crippen LogP contribution in [0.4, 0.5) is 5.69 Å². The minimum atomic E-state index is -0.234. The van der Waals surface area contributed by atoms with Crippen LogP contribution in [0.1, 0.15) is 39.5 Å². The zero-order chi connectivity index (χ0) is 25.2. The Morgan fingerprint density at radius 1 is 0.972 bits per heavy atom. The topological polar surface area (TPSA) is 93.1 Å². The molecule has 186 valence electrons. The molecule has 2 heterocycles. The fourth-order valence-electron chi connectivity index (χ4n) is 5.13. The number of hydrogen-bond acceptors (Lipinski definition) is 5. The number of benzene rings is 3. The van der Waals surface area contributed by atoms with Crippen LogP contribution in [-0.4, -0.2) is 57.5 Å². The van der Waals surface area contributed by atoms with Gasteiger partial charge in [-0.2, -0.15) is 0 Å². The Bertz CT molecular complexity index is 1290. The van der Waals surface area contributed by atoms with Crippen molar-refractivity contribution < 1.29 is 19.8 Å². The van der Waals surface area contributed by atoms with Crippen molar-refractivity contribution >= 4 is 17.5 Å². The van der Waals surface area contributed by atoms with Crippen LogP contribution in [0.2, 0.25) is 0 Å². The second-order valence-corrected chi connectivity index (χ2v) is 9.67. The molecule has 2 aliphatic rings. The number of hydrogen-bond donors (Lipinski definition) is 3. The predicted octanol–water partition coefficient (Wildman–Crippen LogP) is 3.72. The van der Waals surface area contributed by atoms with Crippen LogP contribution < -0.4 is 5.32 Å². The summed E-state index contributed by atoms with van der Waals surface area (Å²) in [5, 5.41) is 24.4. The van der Waals surface area contributed by atoms with Gasteiger partial charge in [0, 0.05) is 44.9 Å². The van der Waals surface area contributed by atoms with Crippen molar-refractivity contribution in [3.8, 4) is 11.5 Å². The van der Waals surface area contributed by atoms with Gasteiger partial charge in [-0.05, 0) is 53.6 Å². The molecule has 2 aliphatic heterocycles. The molecular weight excluding hydrogens is 454 g/mol. The van der Waals surface area contributed by atoms with Crippen LogP contribution in [0.25, 0.3) is 0 Å². The van der Waals surface area contributed by atoms with E-state index in [1.807, 2.05) is 42.5 Å². The molecule has 7 nitrogen and oxygen atoms in total. The van der Waals surface area contributed by atoms with Crippen LogP contribution in [0.3, 0.4) is 0 Å². The third kappa shape index (κ3) is 4.87. The fraction of sp³-hybridized carbons (Fsp3) is 0.310. The van der Waals surface area contributed by atoms with Crippen LogP contribution in [0, 0.1) is 0 Å². The van der Waals surface area contributed by atoms with E-state index in [4.69, 9.17) is 0 Å². The van der Waals surface area contributed by atoms with Gasteiger partial charge in [-0.15, -0.1) is 0 Å².